The maximum atomic E-state index is 13.6. The third-order valence-electron chi connectivity index (χ3n) is 7.47. The molecule has 0 aliphatic carbocycles. The molecule has 0 bridgehead atoms. The molecule has 2 N–H and O–H groups in total. The van der Waals surface area contributed by atoms with Crippen molar-refractivity contribution in [2.75, 3.05) is 51.2 Å². The van der Waals surface area contributed by atoms with Crippen molar-refractivity contribution >= 4 is 56.8 Å². The number of amides is 3. The van der Waals surface area contributed by atoms with Crippen molar-refractivity contribution < 1.29 is 19.1 Å². The lowest BCUT2D eigenvalue weighted by molar-refractivity contribution is -0.152. The molecule has 39 heavy (non-hydrogen) atoms. The fraction of sp³-hybridized carbons (Fsp3) is 0.500. The van der Waals surface area contributed by atoms with Crippen molar-refractivity contribution in [1.82, 2.24) is 24.7 Å². The first-order valence-corrected chi connectivity index (χ1v) is 13.7. The third kappa shape index (κ3) is 5.73. The second kappa shape index (κ2) is 10.7. The van der Waals surface area contributed by atoms with Crippen LogP contribution in [0.1, 0.15) is 27.7 Å². The summed E-state index contributed by atoms with van der Waals surface area (Å²) < 4.78 is 6.00. The Bertz CT molecular complexity index is 1410. The standard InChI is InChI=1S/C28H35ClN6O4/c1-17(2)27(38)34-9-7-33(8-10-34)24(36)14-35-16-28(3,4)39-15-23(35)26(37)32-21-12-18(29)11-20-19-5-6-30-13-22(19)31-25(20)21/h5-6,11-13,17,23,31H,7-10,14-16H2,1-4H3,(H,32,37)/t23-/m0/s1. The number of nitrogens with zero attached hydrogens (tertiary/aromatic N) is 4. The summed E-state index contributed by atoms with van der Waals surface area (Å²) in [6.45, 7) is 10.3. The van der Waals surface area contributed by atoms with Crippen molar-refractivity contribution in [2.45, 2.75) is 39.3 Å². The van der Waals surface area contributed by atoms with Crippen LogP contribution < -0.4 is 5.32 Å². The Labute approximate surface area is 232 Å². The number of hydrogen-bond donors (Lipinski definition) is 2. The van der Waals surface area contributed by atoms with Gasteiger partial charge in [0.25, 0.3) is 0 Å². The lowest BCUT2D eigenvalue weighted by Gasteiger charge is -2.43. The topological polar surface area (TPSA) is 111 Å². The van der Waals surface area contributed by atoms with Gasteiger partial charge in [-0.1, -0.05) is 25.4 Å². The molecule has 1 aromatic carbocycles. The highest BCUT2D eigenvalue weighted by molar-refractivity contribution is 6.33. The third-order valence-corrected chi connectivity index (χ3v) is 7.69. The number of carbonyl (C=O) groups excluding carboxylic acids is 3. The van der Waals surface area contributed by atoms with Gasteiger partial charge in [-0.3, -0.25) is 24.3 Å². The molecule has 2 aliphatic rings. The first-order chi connectivity index (χ1) is 18.5. The number of fused-ring (bicyclic) bond motifs is 3. The van der Waals surface area contributed by atoms with E-state index in [2.05, 4.69) is 15.3 Å². The molecule has 0 saturated carbocycles. The maximum absolute atomic E-state index is 13.6. The number of aromatic amines is 1. The molecule has 10 nitrogen and oxygen atoms in total. The van der Waals surface area contributed by atoms with E-state index in [1.165, 1.54) is 0 Å². The molecule has 2 fully saturated rings. The van der Waals surface area contributed by atoms with Gasteiger partial charge in [-0.2, -0.15) is 0 Å². The number of piperazine rings is 1. The van der Waals surface area contributed by atoms with Crippen LogP contribution in [0.4, 0.5) is 5.69 Å². The predicted octanol–water partition coefficient (Wildman–Crippen LogP) is 3.11. The number of carbonyl (C=O) groups is 3. The lowest BCUT2D eigenvalue weighted by Crippen LogP contribution is -2.61. The Kier molecular flexibility index (Phi) is 7.54. The average molecular weight is 555 g/mol. The van der Waals surface area contributed by atoms with Crippen molar-refractivity contribution in [3.05, 3.63) is 35.6 Å². The Balaban J connectivity index is 1.32. The molecule has 2 saturated heterocycles. The first-order valence-electron chi connectivity index (χ1n) is 13.3. The number of halogens is 1. The van der Waals surface area contributed by atoms with Gasteiger partial charge < -0.3 is 24.8 Å². The van der Waals surface area contributed by atoms with Crippen LogP contribution in [0, 0.1) is 5.92 Å². The van der Waals surface area contributed by atoms with Crippen LogP contribution in [-0.4, -0.2) is 99.9 Å². The maximum Gasteiger partial charge on any atom is 0.244 e. The van der Waals surface area contributed by atoms with Crippen LogP contribution in [0.2, 0.25) is 5.02 Å². The van der Waals surface area contributed by atoms with E-state index in [0.717, 1.165) is 21.8 Å². The number of H-pyrrole nitrogens is 1. The van der Waals surface area contributed by atoms with E-state index in [9.17, 15) is 14.4 Å². The smallest absolute Gasteiger partial charge is 0.244 e. The molecule has 0 radical (unpaired) electrons. The summed E-state index contributed by atoms with van der Waals surface area (Å²) in [7, 11) is 0. The molecule has 5 rings (SSSR count). The highest BCUT2D eigenvalue weighted by atomic mass is 35.5. The summed E-state index contributed by atoms with van der Waals surface area (Å²) in [5.74, 6) is -0.291. The molecule has 3 aromatic rings. The number of benzene rings is 1. The Morgan fingerprint density at radius 1 is 1.15 bits per heavy atom. The molecule has 3 amide bonds. The number of ether oxygens (including phenoxy) is 1. The van der Waals surface area contributed by atoms with Gasteiger partial charge in [0.1, 0.15) is 6.04 Å². The number of aromatic nitrogens is 2. The average Bonchev–Trinajstić information content (AvgIpc) is 3.26. The zero-order valence-corrected chi connectivity index (χ0v) is 23.5. The Morgan fingerprint density at radius 3 is 2.59 bits per heavy atom. The van der Waals surface area contributed by atoms with Gasteiger partial charge in [-0.25, -0.2) is 0 Å². The van der Waals surface area contributed by atoms with Crippen LogP contribution in [0.5, 0.6) is 0 Å². The van der Waals surface area contributed by atoms with E-state index in [4.69, 9.17) is 16.3 Å². The first kappa shape index (κ1) is 27.4. The molecule has 0 unspecified atom stereocenters. The predicted molar refractivity (Wildman–Crippen MR) is 151 cm³/mol. The molecule has 1 atom stereocenters. The van der Waals surface area contributed by atoms with E-state index < -0.39 is 11.6 Å². The van der Waals surface area contributed by atoms with Gasteiger partial charge in [0.05, 0.1) is 41.7 Å². The van der Waals surface area contributed by atoms with E-state index in [0.29, 0.717) is 43.4 Å². The summed E-state index contributed by atoms with van der Waals surface area (Å²) in [4.78, 5) is 52.3. The second-order valence-corrected chi connectivity index (χ2v) is 11.7. The van der Waals surface area contributed by atoms with E-state index in [1.54, 1.807) is 23.4 Å². The van der Waals surface area contributed by atoms with Crippen LogP contribution >= 0.6 is 11.6 Å². The van der Waals surface area contributed by atoms with E-state index in [1.807, 2.05) is 49.6 Å². The van der Waals surface area contributed by atoms with Crippen LogP contribution in [0.15, 0.2) is 30.6 Å². The summed E-state index contributed by atoms with van der Waals surface area (Å²) in [6.07, 6.45) is 3.45. The van der Waals surface area contributed by atoms with Gasteiger partial charge in [0.15, 0.2) is 0 Å². The van der Waals surface area contributed by atoms with Crippen LogP contribution in [0.3, 0.4) is 0 Å². The summed E-state index contributed by atoms with van der Waals surface area (Å²) in [5.41, 5.74) is 1.65. The Hall–Kier alpha value is -3.21. The summed E-state index contributed by atoms with van der Waals surface area (Å²) >= 11 is 6.43. The van der Waals surface area contributed by atoms with E-state index in [-0.39, 0.29) is 36.8 Å². The van der Waals surface area contributed by atoms with Crippen molar-refractivity contribution in [3.8, 4) is 0 Å². The van der Waals surface area contributed by atoms with Crippen LogP contribution in [-0.2, 0) is 19.1 Å². The number of hydrogen-bond acceptors (Lipinski definition) is 6. The number of nitrogens with one attached hydrogen (secondary N) is 2. The number of pyridine rings is 1. The van der Waals surface area contributed by atoms with Gasteiger partial charge >= 0.3 is 0 Å². The van der Waals surface area contributed by atoms with Gasteiger partial charge in [-0.15, -0.1) is 0 Å². The number of morpholine rings is 1. The highest BCUT2D eigenvalue weighted by Crippen LogP contribution is 2.33. The molecule has 2 aromatic heterocycles. The summed E-state index contributed by atoms with van der Waals surface area (Å²) in [6, 6.07) is 4.81. The van der Waals surface area contributed by atoms with Crippen molar-refractivity contribution in [2.24, 2.45) is 5.92 Å². The number of rotatable bonds is 5. The van der Waals surface area contributed by atoms with Gasteiger partial charge in [0.2, 0.25) is 17.7 Å². The summed E-state index contributed by atoms with van der Waals surface area (Å²) in [5, 5.41) is 5.38. The fourth-order valence-corrected chi connectivity index (χ4v) is 5.63. The molecular weight excluding hydrogens is 520 g/mol. The second-order valence-electron chi connectivity index (χ2n) is 11.3. The molecule has 0 spiro atoms. The molecule has 11 heteroatoms. The van der Waals surface area contributed by atoms with Crippen molar-refractivity contribution in [1.29, 1.82) is 0 Å². The minimum absolute atomic E-state index is 0.0598. The minimum Gasteiger partial charge on any atom is -0.372 e. The normalized spacial score (nSPS) is 20.1. The highest BCUT2D eigenvalue weighted by Gasteiger charge is 2.39. The zero-order valence-electron chi connectivity index (χ0n) is 22.8. The molecule has 4 heterocycles. The van der Waals surface area contributed by atoms with Crippen molar-refractivity contribution in [3.63, 3.8) is 0 Å². The molecule has 2 aliphatic heterocycles. The monoisotopic (exact) mass is 554 g/mol. The Morgan fingerprint density at radius 2 is 1.87 bits per heavy atom. The van der Waals surface area contributed by atoms with E-state index >= 15 is 0 Å². The lowest BCUT2D eigenvalue weighted by atomic mass is 10.0. The quantitative estimate of drug-likeness (QED) is 0.501. The minimum atomic E-state index is -0.661. The van der Waals surface area contributed by atoms with Gasteiger partial charge in [0, 0.05) is 60.6 Å². The van der Waals surface area contributed by atoms with Crippen LogP contribution in [0.25, 0.3) is 21.8 Å². The largest absolute Gasteiger partial charge is 0.372 e. The molecular formula is C28H35ClN6O4. The SMILES string of the molecule is CC(C)C(=O)N1CCN(C(=O)CN2CC(C)(C)OC[C@H]2C(=O)Nc2cc(Cl)cc3c2[nH]c2cnccc23)CC1. The fourth-order valence-electron chi connectivity index (χ4n) is 5.41. The number of anilines is 1. The zero-order chi connectivity index (χ0) is 27.9. The molecule has 208 valence electrons. The van der Waals surface area contributed by atoms with Gasteiger partial charge in [-0.05, 0) is 32.0 Å².